The van der Waals surface area contributed by atoms with E-state index in [1.807, 2.05) is 0 Å². The van der Waals surface area contributed by atoms with Crippen LogP contribution in [0, 0.1) is 17.1 Å². The van der Waals surface area contributed by atoms with Crippen molar-refractivity contribution in [1.82, 2.24) is 5.32 Å². The van der Waals surface area contributed by atoms with E-state index >= 15 is 0 Å². The van der Waals surface area contributed by atoms with Crippen molar-refractivity contribution in [1.29, 1.82) is 5.26 Å². The first-order valence-electron chi connectivity index (χ1n) is 8.11. The van der Waals surface area contributed by atoms with Crippen LogP contribution in [0.4, 0.5) is 4.39 Å². The summed E-state index contributed by atoms with van der Waals surface area (Å²) in [4.78, 5) is 24.1. The van der Waals surface area contributed by atoms with Gasteiger partial charge in [-0.3, -0.25) is 9.59 Å². The number of esters is 1. The quantitative estimate of drug-likeness (QED) is 0.841. The number of hydrogen-bond donors (Lipinski definition) is 1. The summed E-state index contributed by atoms with van der Waals surface area (Å²) in [7, 11) is 0. The molecule has 1 aromatic rings. The van der Waals surface area contributed by atoms with Crippen LogP contribution in [0.5, 0.6) is 0 Å². The van der Waals surface area contributed by atoms with Gasteiger partial charge in [-0.2, -0.15) is 5.26 Å². The van der Waals surface area contributed by atoms with Crippen LogP contribution in [0.25, 0.3) is 0 Å². The van der Waals surface area contributed by atoms with Crippen LogP contribution in [0.15, 0.2) is 24.3 Å². The summed E-state index contributed by atoms with van der Waals surface area (Å²) in [6.07, 6.45) is 3.06. The summed E-state index contributed by atoms with van der Waals surface area (Å²) >= 11 is 0. The second-order valence-electron chi connectivity index (χ2n) is 6.18. The van der Waals surface area contributed by atoms with E-state index < -0.39 is 23.5 Å². The van der Waals surface area contributed by atoms with E-state index in [0.717, 1.165) is 19.3 Å². The molecule has 1 N–H and O–H groups in total. The average molecular weight is 332 g/mol. The summed E-state index contributed by atoms with van der Waals surface area (Å²) in [6, 6.07) is 7.71. The van der Waals surface area contributed by atoms with Crippen molar-refractivity contribution in [2.45, 2.75) is 57.1 Å². The molecule has 2 rings (SSSR count). The third kappa shape index (κ3) is 4.79. The Labute approximate surface area is 140 Å². The highest BCUT2D eigenvalue weighted by molar-refractivity contribution is 5.84. The monoisotopic (exact) mass is 332 g/mol. The fraction of sp³-hybridized carbons (Fsp3) is 0.500. The number of nitrogens with one attached hydrogen (secondary N) is 1. The van der Waals surface area contributed by atoms with Gasteiger partial charge in [-0.25, -0.2) is 4.39 Å². The highest BCUT2D eigenvalue weighted by atomic mass is 19.1. The van der Waals surface area contributed by atoms with E-state index in [1.165, 1.54) is 31.2 Å². The minimum Gasteiger partial charge on any atom is -0.452 e. The average Bonchev–Trinajstić information content (AvgIpc) is 2.57. The summed E-state index contributed by atoms with van der Waals surface area (Å²) < 4.78 is 18.0. The number of carbonyl (C=O) groups is 2. The zero-order valence-electron chi connectivity index (χ0n) is 13.7. The van der Waals surface area contributed by atoms with Gasteiger partial charge in [0.2, 0.25) is 0 Å². The summed E-state index contributed by atoms with van der Waals surface area (Å²) in [5.41, 5.74) is -0.248. The predicted molar refractivity (Wildman–Crippen MR) is 85.2 cm³/mol. The lowest BCUT2D eigenvalue weighted by molar-refractivity contribution is -0.154. The Morgan fingerprint density at radius 2 is 1.92 bits per heavy atom. The van der Waals surface area contributed by atoms with E-state index in [0.29, 0.717) is 18.4 Å². The lowest BCUT2D eigenvalue weighted by Crippen LogP contribution is -2.52. The molecule has 1 atom stereocenters. The summed E-state index contributed by atoms with van der Waals surface area (Å²) in [5.74, 6) is -1.42. The van der Waals surface area contributed by atoms with E-state index in [4.69, 9.17) is 4.74 Å². The van der Waals surface area contributed by atoms with Crippen LogP contribution in [0.2, 0.25) is 0 Å². The third-order valence-electron chi connectivity index (χ3n) is 4.22. The molecular weight excluding hydrogens is 311 g/mol. The van der Waals surface area contributed by atoms with Crippen molar-refractivity contribution in [3.63, 3.8) is 0 Å². The molecule has 1 saturated carbocycles. The maximum Gasteiger partial charge on any atom is 0.311 e. The van der Waals surface area contributed by atoms with Gasteiger partial charge < -0.3 is 10.1 Å². The first-order valence-corrected chi connectivity index (χ1v) is 8.11. The minimum absolute atomic E-state index is 0.0404. The number of ether oxygens (including phenoxy) is 1. The molecule has 5 nitrogen and oxygen atoms in total. The molecule has 24 heavy (non-hydrogen) atoms. The topological polar surface area (TPSA) is 79.2 Å². The Balaban J connectivity index is 1.87. The summed E-state index contributed by atoms with van der Waals surface area (Å²) in [6.45, 7) is 1.48. The molecule has 1 aliphatic carbocycles. The molecule has 0 heterocycles. The fourth-order valence-corrected chi connectivity index (χ4v) is 2.82. The van der Waals surface area contributed by atoms with Crippen LogP contribution in [0.1, 0.15) is 44.6 Å². The Kier molecular flexibility index (Phi) is 5.91. The van der Waals surface area contributed by atoms with Crippen molar-refractivity contribution < 1.29 is 18.7 Å². The molecule has 1 fully saturated rings. The maximum absolute atomic E-state index is 12.8. The molecule has 128 valence electrons. The molecule has 1 aliphatic rings. The van der Waals surface area contributed by atoms with Crippen LogP contribution in [0.3, 0.4) is 0 Å². The Bertz CT molecular complexity index is 631. The van der Waals surface area contributed by atoms with Crippen molar-refractivity contribution in [2.75, 3.05) is 0 Å². The minimum atomic E-state index is -0.981. The third-order valence-corrected chi connectivity index (χ3v) is 4.22. The van der Waals surface area contributed by atoms with Crippen molar-refractivity contribution in [3.05, 3.63) is 35.6 Å². The van der Waals surface area contributed by atoms with Gasteiger partial charge in [-0.15, -0.1) is 0 Å². The molecule has 0 unspecified atom stereocenters. The smallest absolute Gasteiger partial charge is 0.311 e. The highest BCUT2D eigenvalue weighted by Crippen LogP contribution is 2.27. The van der Waals surface area contributed by atoms with E-state index in [1.54, 1.807) is 0 Å². The fourth-order valence-electron chi connectivity index (χ4n) is 2.82. The number of nitriles is 1. The van der Waals surface area contributed by atoms with Gasteiger partial charge in [0.25, 0.3) is 5.91 Å². The molecular formula is C18H21FN2O3. The number of nitrogens with zero attached hydrogens (tertiary/aromatic N) is 1. The van der Waals surface area contributed by atoms with E-state index in [9.17, 15) is 19.2 Å². The van der Waals surface area contributed by atoms with Crippen molar-refractivity contribution in [2.24, 2.45) is 0 Å². The number of halogens is 1. The lowest BCUT2D eigenvalue weighted by Gasteiger charge is -2.32. The second-order valence-corrected chi connectivity index (χ2v) is 6.18. The first-order chi connectivity index (χ1) is 11.4. The molecule has 0 aliphatic heterocycles. The number of benzene rings is 1. The largest absolute Gasteiger partial charge is 0.452 e. The van der Waals surface area contributed by atoms with Gasteiger partial charge in [-0.05, 0) is 37.5 Å². The molecule has 0 bridgehead atoms. The number of carbonyl (C=O) groups excluding carboxylic acids is 2. The van der Waals surface area contributed by atoms with Gasteiger partial charge >= 0.3 is 5.97 Å². The van der Waals surface area contributed by atoms with E-state index in [2.05, 4.69) is 11.4 Å². The van der Waals surface area contributed by atoms with Crippen LogP contribution < -0.4 is 5.32 Å². The predicted octanol–water partition coefficient (Wildman–Crippen LogP) is 2.64. The molecule has 0 spiro atoms. The van der Waals surface area contributed by atoms with Crippen LogP contribution >= 0.6 is 0 Å². The highest BCUT2D eigenvalue weighted by Gasteiger charge is 2.35. The standard InChI is InChI=1S/C18H21FN2O3/c1-13(17(23)21-18(12-20)9-3-2-4-10-18)24-16(22)11-14-5-7-15(19)8-6-14/h5-8,13H,2-4,9-11H2,1H3,(H,21,23)/t13-/m1/s1. The van der Waals surface area contributed by atoms with Gasteiger partial charge in [0, 0.05) is 0 Å². The first kappa shape index (κ1) is 17.9. The molecule has 1 aromatic carbocycles. The SMILES string of the molecule is C[C@@H](OC(=O)Cc1ccc(F)cc1)C(=O)NC1(C#N)CCCCC1. The molecule has 0 aromatic heterocycles. The van der Waals surface area contributed by atoms with Crippen molar-refractivity contribution in [3.8, 4) is 6.07 Å². The van der Waals surface area contributed by atoms with Crippen LogP contribution in [-0.4, -0.2) is 23.5 Å². The molecule has 1 amide bonds. The Hall–Kier alpha value is -2.42. The number of rotatable bonds is 5. The zero-order chi connectivity index (χ0) is 17.6. The van der Waals surface area contributed by atoms with Gasteiger partial charge in [0.05, 0.1) is 12.5 Å². The Morgan fingerprint density at radius 3 is 2.50 bits per heavy atom. The molecule has 0 radical (unpaired) electrons. The zero-order valence-corrected chi connectivity index (χ0v) is 13.7. The van der Waals surface area contributed by atoms with Gasteiger partial charge in [0.1, 0.15) is 11.4 Å². The lowest BCUT2D eigenvalue weighted by atomic mass is 9.83. The van der Waals surface area contributed by atoms with Crippen molar-refractivity contribution >= 4 is 11.9 Å². The van der Waals surface area contributed by atoms with Crippen LogP contribution in [-0.2, 0) is 20.7 Å². The number of hydrogen-bond acceptors (Lipinski definition) is 4. The normalized spacial score (nSPS) is 17.4. The maximum atomic E-state index is 12.8. The van der Waals surface area contributed by atoms with Gasteiger partial charge in [-0.1, -0.05) is 31.4 Å². The Morgan fingerprint density at radius 1 is 1.29 bits per heavy atom. The molecule has 6 heteroatoms. The number of amides is 1. The second kappa shape index (κ2) is 7.91. The molecule has 0 saturated heterocycles. The summed E-state index contributed by atoms with van der Waals surface area (Å²) in [5, 5.41) is 12.1. The van der Waals surface area contributed by atoms with E-state index in [-0.39, 0.29) is 12.2 Å². The van der Waals surface area contributed by atoms with Gasteiger partial charge in [0.15, 0.2) is 6.10 Å².